The molecule has 0 heterocycles. The fraction of sp³-hybridized carbons (Fsp3) is 0.333. The lowest BCUT2D eigenvalue weighted by Gasteiger charge is -2.10. The zero-order valence-corrected chi connectivity index (χ0v) is 16.0. The Labute approximate surface area is 159 Å². The Bertz CT molecular complexity index is 772. The molecule has 0 aliphatic heterocycles. The lowest BCUT2D eigenvalue weighted by Crippen LogP contribution is -2.32. The molecule has 0 aliphatic rings. The van der Waals surface area contributed by atoms with Crippen molar-refractivity contribution in [2.24, 2.45) is 0 Å². The maximum Gasteiger partial charge on any atom is 0.229 e. The number of methoxy groups -OCH3 is 2. The van der Waals surface area contributed by atoms with Crippen molar-refractivity contribution >= 4 is 11.8 Å². The number of ether oxygens (including phenoxy) is 2. The van der Waals surface area contributed by atoms with Gasteiger partial charge in [-0.2, -0.15) is 0 Å². The van der Waals surface area contributed by atoms with Crippen LogP contribution in [0.4, 0.5) is 0 Å². The minimum absolute atomic E-state index is 0.183. The fourth-order valence-electron chi connectivity index (χ4n) is 2.56. The zero-order valence-electron chi connectivity index (χ0n) is 16.0. The molecule has 0 spiro atoms. The Kier molecular flexibility index (Phi) is 7.67. The largest absolute Gasteiger partial charge is 0.493 e. The number of nitrogens with one attached hydrogen (secondary N) is 2. The number of amides is 2. The molecule has 2 rings (SSSR count). The number of hydrogen-bond acceptors (Lipinski definition) is 4. The average molecular weight is 370 g/mol. The Hall–Kier alpha value is -3.02. The Morgan fingerprint density at radius 1 is 0.852 bits per heavy atom. The van der Waals surface area contributed by atoms with Crippen LogP contribution in [0.5, 0.6) is 11.5 Å². The number of carbonyl (C=O) groups is 2. The van der Waals surface area contributed by atoms with Crippen molar-refractivity contribution in [3.05, 3.63) is 59.2 Å². The maximum absolute atomic E-state index is 11.9. The molecule has 0 saturated carbocycles. The van der Waals surface area contributed by atoms with E-state index in [1.165, 1.54) is 5.56 Å². The zero-order chi connectivity index (χ0) is 19.6. The average Bonchev–Trinajstić information content (AvgIpc) is 2.67. The van der Waals surface area contributed by atoms with Crippen LogP contribution in [0.15, 0.2) is 42.5 Å². The third-order valence-corrected chi connectivity index (χ3v) is 4.12. The third kappa shape index (κ3) is 6.66. The van der Waals surface area contributed by atoms with E-state index in [0.717, 1.165) is 11.1 Å². The summed E-state index contributed by atoms with van der Waals surface area (Å²) >= 11 is 0. The van der Waals surface area contributed by atoms with Crippen molar-refractivity contribution < 1.29 is 19.1 Å². The van der Waals surface area contributed by atoms with Gasteiger partial charge in [0.2, 0.25) is 11.8 Å². The molecule has 2 amide bonds. The van der Waals surface area contributed by atoms with Crippen LogP contribution in [0.3, 0.4) is 0 Å². The van der Waals surface area contributed by atoms with Gasteiger partial charge in [-0.15, -0.1) is 0 Å². The molecule has 0 aliphatic carbocycles. The van der Waals surface area contributed by atoms with Gasteiger partial charge < -0.3 is 20.1 Å². The van der Waals surface area contributed by atoms with E-state index in [1.54, 1.807) is 14.2 Å². The van der Waals surface area contributed by atoms with Crippen LogP contribution in [-0.4, -0.2) is 32.6 Å². The summed E-state index contributed by atoms with van der Waals surface area (Å²) in [7, 11) is 3.17. The van der Waals surface area contributed by atoms with Gasteiger partial charge in [0.1, 0.15) is 6.42 Å². The fourth-order valence-corrected chi connectivity index (χ4v) is 2.56. The predicted molar refractivity (Wildman–Crippen MR) is 104 cm³/mol. The Morgan fingerprint density at radius 2 is 1.48 bits per heavy atom. The van der Waals surface area contributed by atoms with Gasteiger partial charge in [0.05, 0.1) is 14.2 Å². The lowest BCUT2D eigenvalue weighted by molar-refractivity contribution is -0.129. The van der Waals surface area contributed by atoms with E-state index in [-0.39, 0.29) is 18.2 Å². The number of rotatable bonds is 9. The van der Waals surface area contributed by atoms with Crippen LogP contribution in [0, 0.1) is 6.92 Å². The molecule has 27 heavy (non-hydrogen) atoms. The molecule has 0 radical (unpaired) electrons. The molecule has 0 fully saturated rings. The molecule has 2 aromatic carbocycles. The van der Waals surface area contributed by atoms with E-state index < -0.39 is 0 Å². The molecule has 6 nitrogen and oxygen atoms in total. The van der Waals surface area contributed by atoms with Gasteiger partial charge >= 0.3 is 0 Å². The van der Waals surface area contributed by atoms with E-state index in [1.807, 2.05) is 49.4 Å². The van der Waals surface area contributed by atoms with Crippen LogP contribution >= 0.6 is 0 Å². The summed E-state index contributed by atoms with van der Waals surface area (Å²) in [5, 5.41) is 5.52. The molecule has 2 aromatic rings. The molecular formula is C21H26N2O4. The summed E-state index contributed by atoms with van der Waals surface area (Å²) in [6.45, 7) is 2.87. The van der Waals surface area contributed by atoms with Crippen LogP contribution < -0.4 is 20.1 Å². The first-order valence-electron chi connectivity index (χ1n) is 8.81. The van der Waals surface area contributed by atoms with E-state index in [9.17, 15) is 9.59 Å². The highest BCUT2D eigenvalue weighted by molar-refractivity contribution is 5.96. The minimum atomic E-state index is -0.295. The first-order valence-corrected chi connectivity index (χ1v) is 8.81. The van der Waals surface area contributed by atoms with Crippen LogP contribution in [0.2, 0.25) is 0 Å². The SMILES string of the molecule is COc1ccc(CCNC(=O)CC(=O)NCc2ccc(C)cc2)cc1OC. The summed E-state index contributed by atoms with van der Waals surface area (Å²) in [5.41, 5.74) is 3.18. The first kappa shape index (κ1) is 20.3. The van der Waals surface area contributed by atoms with E-state index in [0.29, 0.717) is 31.0 Å². The second-order valence-electron chi connectivity index (χ2n) is 6.23. The van der Waals surface area contributed by atoms with Crippen LogP contribution in [-0.2, 0) is 22.6 Å². The van der Waals surface area contributed by atoms with Gasteiger partial charge in [-0.05, 0) is 36.6 Å². The van der Waals surface area contributed by atoms with Crippen molar-refractivity contribution in [3.63, 3.8) is 0 Å². The molecule has 0 saturated heterocycles. The molecular weight excluding hydrogens is 344 g/mol. The minimum Gasteiger partial charge on any atom is -0.493 e. The van der Waals surface area contributed by atoms with E-state index >= 15 is 0 Å². The van der Waals surface area contributed by atoms with Crippen molar-refractivity contribution in [3.8, 4) is 11.5 Å². The molecule has 0 bridgehead atoms. The lowest BCUT2D eigenvalue weighted by atomic mass is 10.1. The highest BCUT2D eigenvalue weighted by atomic mass is 16.5. The Morgan fingerprint density at radius 3 is 2.15 bits per heavy atom. The van der Waals surface area contributed by atoms with E-state index in [2.05, 4.69) is 10.6 Å². The summed E-state index contributed by atoms with van der Waals surface area (Å²) in [6.07, 6.45) is 0.453. The number of carbonyl (C=O) groups excluding carboxylic acids is 2. The number of hydrogen-bond donors (Lipinski definition) is 2. The highest BCUT2D eigenvalue weighted by Crippen LogP contribution is 2.27. The topological polar surface area (TPSA) is 76.7 Å². The second kappa shape index (κ2) is 10.2. The molecule has 144 valence electrons. The Balaban J connectivity index is 1.71. The number of aryl methyl sites for hydroxylation is 1. The predicted octanol–water partition coefficient (Wildman–Crippen LogP) is 2.38. The van der Waals surface area contributed by atoms with Gasteiger partial charge in [-0.25, -0.2) is 0 Å². The number of benzene rings is 2. The maximum atomic E-state index is 11.9. The third-order valence-electron chi connectivity index (χ3n) is 4.12. The molecule has 0 unspecified atom stereocenters. The summed E-state index contributed by atoms with van der Waals surface area (Å²) in [5.74, 6) is 0.725. The molecule has 2 N–H and O–H groups in total. The van der Waals surface area contributed by atoms with Gasteiger partial charge in [-0.1, -0.05) is 35.9 Å². The van der Waals surface area contributed by atoms with Gasteiger partial charge in [-0.3, -0.25) is 9.59 Å². The monoisotopic (exact) mass is 370 g/mol. The summed E-state index contributed by atoms with van der Waals surface area (Å²) in [6, 6.07) is 13.5. The van der Waals surface area contributed by atoms with Crippen molar-refractivity contribution in [2.75, 3.05) is 20.8 Å². The standard InChI is InChI=1S/C21H26N2O4/c1-15-4-6-17(7-5-15)14-23-21(25)13-20(24)22-11-10-16-8-9-18(26-2)19(12-16)27-3/h4-9,12H,10-11,13-14H2,1-3H3,(H,22,24)(H,23,25). The smallest absolute Gasteiger partial charge is 0.229 e. The van der Waals surface area contributed by atoms with Crippen molar-refractivity contribution in [1.82, 2.24) is 10.6 Å². The van der Waals surface area contributed by atoms with E-state index in [4.69, 9.17) is 9.47 Å². The normalized spacial score (nSPS) is 10.2. The summed E-state index contributed by atoms with van der Waals surface area (Å²) < 4.78 is 10.5. The molecule has 0 atom stereocenters. The second-order valence-corrected chi connectivity index (χ2v) is 6.23. The van der Waals surface area contributed by atoms with Crippen molar-refractivity contribution in [1.29, 1.82) is 0 Å². The van der Waals surface area contributed by atoms with Crippen LogP contribution in [0.1, 0.15) is 23.1 Å². The van der Waals surface area contributed by atoms with Crippen molar-refractivity contribution in [2.45, 2.75) is 26.3 Å². The first-order chi connectivity index (χ1) is 13.0. The van der Waals surface area contributed by atoms with Gasteiger partial charge in [0.25, 0.3) is 0 Å². The molecule has 0 aromatic heterocycles. The van der Waals surface area contributed by atoms with Crippen LogP contribution in [0.25, 0.3) is 0 Å². The highest BCUT2D eigenvalue weighted by Gasteiger charge is 2.09. The quantitative estimate of drug-likeness (QED) is 0.665. The summed E-state index contributed by atoms with van der Waals surface area (Å²) in [4.78, 5) is 23.8. The molecule has 6 heteroatoms. The van der Waals surface area contributed by atoms with Gasteiger partial charge in [0.15, 0.2) is 11.5 Å². The van der Waals surface area contributed by atoms with Gasteiger partial charge in [0, 0.05) is 13.1 Å².